The monoisotopic (exact) mass is 442 g/mol. The number of aliphatic hydroxyl groups is 1. The van der Waals surface area contributed by atoms with Crippen LogP contribution in [0.2, 0.25) is 0 Å². The highest BCUT2D eigenvalue weighted by molar-refractivity contribution is 9.10. The molecule has 1 heterocycles. The van der Waals surface area contributed by atoms with E-state index in [1.807, 2.05) is 31.2 Å². The SMILES string of the molecule is CCN(CCO)C(=O)CCN1C(=O)C(=Cc2cccc(Br)c2)SC1=S. The second-order valence-corrected chi connectivity index (χ2v) is 7.93. The van der Waals surface area contributed by atoms with Gasteiger partial charge >= 0.3 is 0 Å². The highest BCUT2D eigenvalue weighted by atomic mass is 79.9. The van der Waals surface area contributed by atoms with Crippen LogP contribution in [0.4, 0.5) is 0 Å². The topological polar surface area (TPSA) is 60.9 Å². The largest absolute Gasteiger partial charge is 0.395 e. The molecule has 1 saturated heterocycles. The number of thiocarbonyl (C=S) groups is 1. The van der Waals surface area contributed by atoms with Gasteiger partial charge < -0.3 is 10.0 Å². The smallest absolute Gasteiger partial charge is 0.266 e. The molecule has 134 valence electrons. The molecule has 1 fully saturated rings. The van der Waals surface area contributed by atoms with E-state index in [9.17, 15) is 9.59 Å². The van der Waals surface area contributed by atoms with E-state index < -0.39 is 0 Å². The summed E-state index contributed by atoms with van der Waals surface area (Å²) in [7, 11) is 0. The quantitative estimate of drug-likeness (QED) is 0.519. The van der Waals surface area contributed by atoms with E-state index >= 15 is 0 Å². The standard InChI is InChI=1S/C17H19BrN2O3S2/c1-2-19(8-9-21)15(22)6-7-20-16(23)14(25-17(20)24)11-12-4-3-5-13(18)10-12/h3-5,10-11,21H,2,6-9H2,1H3. The molecule has 0 aromatic heterocycles. The summed E-state index contributed by atoms with van der Waals surface area (Å²) in [6, 6.07) is 7.65. The lowest BCUT2D eigenvalue weighted by molar-refractivity contribution is -0.132. The predicted molar refractivity (Wildman–Crippen MR) is 108 cm³/mol. The molecule has 0 radical (unpaired) electrons. The minimum absolute atomic E-state index is 0.0734. The van der Waals surface area contributed by atoms with Gasteiger partial charge in [0.05, 0.1) is 11.5 Å². The molecule has 2 amide bonds. The molecule has 0 saturated carbocycles. The Balaban J connectivity index is 2.02. The number of aliphatic hydroxyl groups excluding tert-OH is 1. The Hall–Kier alpha value is -1.22. The van der Waals surface area contributed by atoms with Crippen molar-refractivity contribution in [2.24, 2.45) is 0 Å². The van der Waals surface area contributed by atoms with Gasteiger partial charge in [0, 0.05) is 30.5 Å². The number of hydrogen-bond acceptors (Lipinski definition) is 5. The van der Waals surface area contributed by atoms with Gasteiger partial charge in [-0.2, -0.15) is 0 Å². The Labute approximate surface area is 165 Å². The molecule has 25 heavy (non-hydrogen) atoms. The molecule has 0 spiro atoms. The van der Waals surface area contributed by atoms with Gasteiger partial charge in [-0.25, -0.2) is 0 Å². The number of benzene rings is 1. The van der Waals surface area contributed by atoms with Crippen molar-refractivity contribution in [2.75, 3.05) is 26.2 Å². The van der Waals surface area contributed by atoms with Crippen molar-refractivity contribution >= 4 is 62.1 Å². The normalized spacial score (nSPS) is 16.0. The van der Waals surface area contributed by atoms with Crippen LogP contribution < -0.4 is 0 Å². The zero-order valence-corrected chi connectivity index (χ0v) is 17.0. The van der Waals surface area contributed by atoms with E-state index in [2.05, 4.69) is 15.9 Å². The maximum absolute atomic E-state index is 12.6. The first-order chi connectivity index (χ1) is 12.0. The average Bonchev–Trinajstić information content (AvgIpc) is 2.84. The van der Waals surface area contributed by atoms with Gasteiger partial charge in [0.2, 0.25) is 5.91 Å². The van der Waals surface area contributed by atoms with Crippen molar-refractivity contribution in [3.63, 3.8) is 0 Å². The van der Waals surface area contributed by atoms with Gasteiger partial charge in [-0.15, -0.1) is 0 Å². The highest BCUT2D eigenvalue weighted by Crippen LogP contribution is 2.32. The number of halogens is 1. The first-order valence-corrected chi connectivity index (χ1v) is 9.87. The molecule has 0 bridgehead atoms. The van der Waals surface area contributed by atoms with Crippen molar-refractivity contribution in [3.05, 3.63) is 39.2 Å². The van der Waals surface area contributed by atoms with Crippen LogP contribution in [0.15, 0.2) is 33.6 Å². The Bertz CT molecular complexity index is 709. The zero-order valence-electron chi connectivity index (χ0n) is 13.8. The summed E-state index contributed by atoms with van der Waals surface area (Å²) >= 11 is 9.94. The summed E-state index contributed by atoms with van der Waals surface area (Å²) in [5.41, 5.74) is 0.908. The molecule has 1 aliphatic heterocycles. The van der Waals surface area contributed by atoms with Crippen molar-refractivity contribution in [1.29, 1.82) is 0 Å². The van der Waals surface area contributed by atoms with Crippen LogP contribution in [0.5, 0.6) is 0 Å². The van der Waals surface area contributed by atoms with Crippen LogP contribution in [-0.4, -0.2) is 57.3 Å². The van der Waals surface area contributed by atoms with E-state index in [1.54, 1.807) is 11.0 Å². The maximum Gasteiger partial charge on any atom is 0.266 e. The third-order valence-electron chi connectivity index (χ3n) is 3.67. The summed E-state index contributed by atoms with van der Waals surface area (Å²) < 4.78 is 1.40. The molecule has 1 N–H and O–H groups in total. The van der Waals surface area contributed by atoms with Crippen LogP contribution in [0.3, 0.4) is 0 Å². The number of hydrogen-bond donors (Lipinski definition) is 1. The van der Waals surface area contributed by atoms with Crippen molar-refractivity contribution in [2.45, 2.75) is 13.3 Å². The number of amides is 2. The lowest BCUT2D eigenvalue weighted by atomic mass is 10.2. The van der Waals surface area contributed by atoms with E-state index in [0.717, 1.165) is 10.0 Å². The molecule has 5 nitrogen and oxygen atoms in total. The third-order valence-corrected chi connectivity index (χ3v) is 5.54. The lowest BCUT2D eigenvalue weighted by Gasteiger charge is -2.21. The number of carbonyl (C=O) groups excluding carboxylic acids is 2. The molecule has 8 heteroatoms. The van der Waals surface area contributed by atoms with Gasteiger partial charge in [-0.1, -0.05) is 52.0 Å². The van der Waals surface area contributed by atoms with Gasteiger partial charge in [-0.05, 0) is 30.7 Å². The second-order valence-electron chi connectivity index (χ2n) is 5.34. The molecule has 1 aromatic rings. The molecular formula is C17H19BrN2O3S2. The van der Waals surface area contributed by atoms with Crippen LogP contribution in [0, 0.1) is 0 Å². The molecule has 0 aliphatic carbocycles. The van der Waals surface area contributed by atoms with E-state index in [4.69, 9.17) is 17.3 Å². The molecule has 0 unspecified atom stereocenters. The Morgan fingerprint density at radius 3 is 2.88 bits per heavy atom. The van der Waals surface area contributed by atoms with Crippen molar-refractivity contribution in [1.82, 2.24) is 9.80 Å². The van der Waals surface area contributed by atoms with E-state index in [1.165, 1.54) is 16.7 Å². The first-order valence-electron chi connectivity index (χ1n) is 7.85. The Morgan fingerprint density at radius 1 is 1.48 bits per heavy atom. The number of nitrogens with zero attached hydrogens (tertiary/aromatic N) is 2. The van der Waals surface area contributed by atoms with Gasteiger partial charge in [0.15, 0.2) is 0 Å². The molecule has 1 aliphatic rings. The number of carbonyl (C=O) groups is 2. The number of rotatable bonds is 7. The van der Waals surface area contributed by atoms with Crippen LogP contribution in [-0.2, 0) is 9.59 Å². The molecule has 0 atom stereocenters. The third kappa shape index (κ3) is 5.37. The Morgan fingerprint density at radius 2 is 2.24 bits per heavy atom. The molecule has 1 aromatic carbocycles. The highest BCUT2D eigenvalue weighted by Gasteiger charge is 2.32. The van der Waals surface area contributed by atoms with Crippen LogP contribution in [0.1, 0.15) is 18.9 Å². The first kappa shape index (κ1) is 20.1. The second kappa shape index (κ2) is 9.47. The fourth-order valence-electron chi connectivity index (χ4n) is 2.39. The fourth-order valence-corrected chi connectivity index (χ4v) is 4.11. The lowest BCUT2D eigenvalue weighted by Crippen LogP contribution is -2.37. The van der Waals surface area contributed by atoms with E-state index in [-0.39, 0.29) is 31.4 Å². The minimum atomic E-state index is -0.173. The molecule has 2 rings (SSSR count). The van der Waals surface area contributed by atoms with E-state index in [0.29, 0.717) is 22.3 Å². The van der Waals surface area contributed by atoms with Gasteiger partial charge in [0.25, 0.3) is 5.91 Å². The average molecular weight is 443 g/mol. The maximum atomic E-state index is 12.6. The predicted octanol–water partition coefficient (Wildman–Crippen LogP) is 2.88. The van der Waals surface area contributed by atoms with Crippen LogP contribution in [0.25, 0.3) is 6.08 Å². The summed E-state index contributed by atoms with van der Waals surface area (Å²) in [5.74, 6) is -0.269. The van der Waals surface area contributed by atoms with Crippen LogP contribution >= 0.6 is 39.9 Å². The Kier molecular flexibility index (Phi) is 7.61. The fraction of sp³-hybridized carbons (Fsp3) is 0.353. The van der Waals surface area contributed by atoms with Gasteiger partial charge in [0.1, 0.15) is 4.32 Å². The van der Waals surface area contributed by atoms with Crippen molar-refractivity contribution in [3.8, 4) is 0 Å². The minimum Gasteiger partial charge on any atom is -0.395 e. The number of thioether (sulfide) groups is 1. The summed E-state index contributed by atoms with van der Waals surface area (Å²) in [6.07, 6.45) is 1.99. The summed E-state index contributed by atoms with van der Waals surface area (Å²) in [6.45, 7) is 2.86. The van der Waals surface area contributed by atoms with Gasteiger partial charge in [-0.3, -0.25) is 14.5 Å². The summed E-state index contributed by atoms with van der Waals surface area (Å²) in [5, 5.41) is 8.98. The number of likely N-dealkylation sites (N-methyl/N-ethyl adjacent to an activating group) is 1. The van der Waals surface area contributed by atoms with Crippen molar-refractivity contribution < 1.29 is 14.7 Å². The molecular weight excluding hydrogens is 424 g/mol. The summed E-state index contributed by atoms with van der Waals surface area (Å²) in [4.78, 5) is 28.3. The zero-order chi connectivity index (χ0) is 18.4.